The van der Waals surface area contributed by atoms with E-state index in [-0.39, 0.29) is 16.5 Å². The highest BCUT2D eigenvalue weighted by Crippen LogP contribution is 2.23. The highest BCUT2D eigenvalue weighted by atomic mass is 35.5. The lowest BCUT2D eigenvalue weighted by Gasteiger charge is -2.23. The van der Waals surface area contributed by atoms with Crippen molar-refractivity contribution < 1.29 is 13.2 Å². The van der Waals surface area contributed by atoms with Gasteiger partial charge in [-0.25, -0.2) is 13.1 Å². The standard InChI is InChI=1S/C11H17ClN2O3S/c1-11(2,17-3)7-14-18(15,16)10-6-8(13)4-5-9(10)12/h4-6,14H,7,13H2,1-3H3. The number of sulfonamides is 1. The van der Waals surface area contributed by atoms with Crippen LogP contribution in [0.1, 0.15) is 13.8 Å². The van der Waals surface area contributed by atoms with Gasteiger partial charge >= 0.3 is 0 Å². The van der Waals surface area contributed by atoms with Crippen molar-refractivity contribution in [1.82, 2.24) is 4.72 Å². The zero-order chi connectivity index (χ0) is 14.0. The predicted octanol–water partition coefficient (Wildman–Crippen LogP) is 1.63. The van der Waals surface area contributed by atoms with Crippen molar-refractivity contribution >= 4 is 27.3 Å². The Morgan fingerprint density at radius 3 is 2.61 bits per heavy atom. The van der Waals surface area contributed by atoms with Gasteiger partial charge in [0.15, 0.2) is 0 Å². The minimum absolute atomic E-state index is 0.0314. The van der Waals surface area contributed by atoms with Crippen LogP contribution in [0.15, 0.2) is 23.1 Å². The molecule has 0 aliphatic carbocycles. The molecule has 1 aromatic rings. The van der Waals surface area contributed by atoms with Crippen molar-refractivity contribution in [3.63, 3.8) is 0 Å². The summed E-state index contributed by atoms with van der Waals surface area (Å²) in [6, 6.07) is 4.32. The van der Waals surface area contributed by atoms with Crippen LogP contribution in [0, 0.1) is 0 Å². The Balaban J connectivity index is 2.97. The van der Waals surface area contributed by atoms with Crippen molar-refractivity contribution in [1.29, 1.82) is 0 Å². The first-order chi connectivity index (χ1) is 8.18. The largest absolute Gasteiger partial charge is 0.399 e. The number of halogens is 1. The average Bonchev–Trinajstić information content (AvgIpc) is 2.30. The predicted molar refractivity (Wildman–Crippen MR) is 72.1 cm³/mol. The van der Waals surface area contributed by atoms with Crippen molar-refractivity contribution in [3.8, 4) is 0 Å². The quantitative estimate of drug-likeness (QED) is 0.808. The summed E-state index contributed by atoms with van der Waals surface area (Å²) in [5.74, 6) is 0. The molecule has 0 atom stereocenters. The van der Waals surface area contributed by atoms with Gasteiger partial charge in [0.2, 0.25) is 10.0 Å². The lowest BCUT2D eigenvalue weighted by molar-refractivity contribution is 0.0276. The van der Waals surface area contributed by atoms with E-state index in [1.807, 2.05) is 0 Å². The maximum Gasteiger partial charge on any atom is 0.242 e. The lowest BCUT2D eigenvalue weighted by atomic mass is 10.1. The fourth-order valence-corrected chi connectivity index (χ4v) is 2.88. The molecule has 0 aliphatic rings. The number of nitrogen functional groups attached to an aromatic ring is 1. The van der Waals surface area contributed by atoms with Crippen LogP contribution >= 0.6 is 11.6 Å². The Labute approximate surface area is 112 Å². The smallest absolute Gasteiger partial charge is 0.242 e. The number of benzene rings is 1. The van der Waals surface area contributed by atoms with Crippen LogP contribution < -0.4 is 10.5 Å². The molecule has 3 N–H and O–H groups in total. The second kappa shape index (κ2) is 5.44. The van der Waals surface area contributed by atoms with Gasteiger partial charge < -0.3 is 10.5 Å². The van der Waals surface area contributed by atoms with Gasteiger partial charge in [0.25, 0.3) is 0 Å². The molecule has 0 saturated heterocycles. The molecule has 18 heavy (non-hydrogen) atoms. The summed E-state index contributed by atoms with van der Waals surface area (Å²) in [7, 11) is -2.18. The Kier molecular flexibility index (Phi) is 4.61. The molecule has 1 rings (SSSR count). The summed E-state index contributed by atoms with van der Waals surface area (Å²) in [5.41, 5.74) is 5.30. The summed E-state index contributed by atoms with van der Waals surface area (Å²) in [6.45, 7) is 3.68. The van der Waals surface area contributed by atoms with Crippen LogP contribution in [0.4, 0.5) is 5.69 Å². The summed E-state index contributed by atoms with van der Waals surface area (Å²) in [4.78, 5) is -0.0314. The lowest BCUT2D eigenvalue weighted by Crippen LogP contribution is -2.39. The zero-order valence-corrected chi connectivity index (χ0v) is 12.1. The van der Waals surface area contributed by atoms with Gasteiger partial charge in [-0.3, -0.25) is 0 Å². The minimum atomic E-state index is -3.70. The number of nitrogens with two attached hydrogens (primary N) is 1. The van der Waals surface area contributed by atoms with E-state index in [1.165, 1.54) is 19.2 Å². The second-order valence-electron chi connectivity index (χ2n) is 4.48. The molecule has 0 radical (unpaired) electrons. The summed E-state index contributed by atoms with van der Waals surface area (Å²) in [6.07, 6.45) is 0. The molecule has 0 saturated carbocycles. The number of nitrogens with one attached hydrogen (secondary N) is 1. The molecule has 0 fully saturated rings. The summed E-state index contributed by atoms with van der Waals surface area (Å²) < 4.78 is 31.7. The maximum atomic E-state index is 12.1. The molecule has 0 heterocycles. The van der Waals surface area contributed by atoms with Crippen LogP contribution in [-0.2, 0) is 14.8 Å². The molecular weight excluding hydrogens is 276 g/mol. The topological polar surface area (TPSA) is 81.4 Å². The molecule has 0 spiro atoms. The summed E-state index contributed by atoms with van der Waals surface area (Å²) in [5, 5.41) is 0.131. The van der Waals surface area contributed by atoms with Crippen LogP contribution in [-0.4, -0.2) is 27.7 Å². The molecule has 0 aromatic heterocycles. The first kappa shape index (κ1) is 15.2. The average molecular weight is 293 g/mol. The van der Waals surface area contributed by atoms with E-state index in [1.54, 1.807) is 19.9 Å². The first-order valence-electron chi connectivity index (χ1n) is 5.28. The molecule has 0 unspecified atom stereocenters. The van der Waals surface area contributed by atoms with Gasteiger partial charge in [-0.15, -0.1) is 0 Å². The monoisotopic (exact) mass is 292 g/mol. The maximum absolute atomic E-state index is 12.1. The zero-order valence-electron chi connectivity index (χ0n) is 10.5. The van der Waals surface area contributed by atoms with E-state index >= 15 is 0 Å². The number of hydrogen-bond donors (Lipinski definition) is 2. The third-order valence-electron chi connectivity index (χ3n) is 2.49. The molecule has 1 aromatic carbocycles. The Hall–Kier alpha value is -0.820. The van der Waals surface area contributed by atoms with Crippen LogP contribution in [0.5, 0.6) is 0 Å². The van der Waals surface area contributed by atoms with Crippen molar-refractivity contribution in [2.45, 2.75) is 24.3 Å². The molecule has 102 valence electrons. The highest BCUT2D eigenvalue weighted by molar-refractivity contribution is 7.89. The van der Waals surface area contributed by atoms with Gasteiger partial charge in [-0.2, -0.15) is 0 Å². The normalized spacial score (nSPS) is 12.7. The highest BCUT2D eigenvalue weighted by Gasteiger charge is 2.23. The molecule has 0 aliphatic heterocycles. The fourth-order valence-electron chi connectivity index (χ4n) is 1.14. The van der Waals surface area contributed by atoms with Gasteiger partial charge in [0.1, 0.15) is 4.90 Å². The number of rotatable bonds is 5. The van der Waals surface area contributed by atoms with Crippen LogP contribution in [0.3, 0.4) is 0 Å². The number of methoxy groups -OCH3 is 1. The van der Waals surface area contributed by atoms with E-state index in [0.29, 0.717) is 5.69 Å². The third kappa shape index (κ3) is 3.84. The van der Waals surface area contributed by atoms with E-state index in [4.69, 9.17) is 22.1 Å². The molecular formula is C11H17ClN2O3S. The van der Waals surface area contributed by atoms with E-state index in [2.05, 4.69) is 4.72 Å². The van der Waals surface area contributed by atoms with Gasteiger partial charge in [0, 0.05) is 19.3 Å². The SMILES string of the molecule is COC(C)(C)CNS(=O)(=O)c1cc(N)ccc1Cl. The van der Waals surface area contributed by atoms with Crippen LogP contribution in [0.2, 0.25) is 5.02 Å². The molecule has 5 nitrogen and oxygen atoms in total. The van der Waals surface area contributed by atoms with Crippen molar-refractivity contribution in [3.05, 3.63) is 23.2 Å². The third-order valence-corrected chi connectivity index (χ3v) is 4.37. The van der Waals surface area contributed by atoms with Crippen molar-refractivity contribution in [2.24, 2.45) is 0 Å². The molecule has 0 amide bonds. The molecule has 7 heteroatoms. The van der Waals surface area contributed by atoms with Gasteiger partial charge in [-0.05, 0) is 32.0 Å². The summed E-state index contributed by atoms with van der Waals surface area (Å²) >= 11 is 5.86. The van der Waals surface area contributed by atoms with Gasteiger partial charge in [-0.1, -0.05) is 11.6 Å². The number of anilines is 1. The van der Waals surface area contributed by atoms with E-state index < -0.39 is 15.6 Å². The minimum Gasteiger partial charge on any atom is -0.399 e. The van der Waals surface area contributed by atoms with Gasteiger partial charge in [0.05, 0.1) is 10.6 Å². The Morgan fingerprint density at radius 1 is 1.44 bits per heavy atom. The first-order valence-corrected chi connectivity index (χ1v) is 7.14. The van der Waals surface area contributed by atoms with E-state index in [9.17, 15) is 8.42 Å². The number of ether oxygens (including phenoxy) is 1. The second-order valence-corrected chi connectivity index (χ2v) is 6.62. The fraction of sp³-hybridized carbons (Fsp3) is 0.455. The van der Waals surface area contributed by atoms with E-state index in [0.717, 1.165) is 0 Å². The Bertz CT molecular complexity index is 529. The Morgan fingerprint density at radius 2 is 2.06 bits per heavy atom. The molecule has 0 bridgehead atoms. The number of hydrogen-bond acceptors (Lipinski definition) is 4. The van der Waals surface area contributed by atoms with Crippen LogP contribution in [0.25, 0.3) is 0 Å². The van der Waals surface area contributed by atoms with Crippen molar-refractivity contribution in [2.75, 3.05) is 19.4 Å².